The van der Waals surface area contributed by atoms with Gasteiger partial charge in [-0.3, -0.25) is 9.59 Å². The summed E-state index contributed by atoms with van der Waals surface area (Å²) in [6.07, 6.45) is 0. The molecule has 0 radical (unpaired) electrons. The van der Waals surface area contributed by atoms with Crippen molar-refractivity contribution in [3.63, 3.8) is 0 Å². The summed E-state index contributed by atoms with van der Waals surface area (Å²) in [6.45, 7) is 8.12. The minimum Gasteiger partial charge on any atom is -0.506 e. The number of hydrogen-bond acceptors (Lipinski definition) is 3. The van der Waals surface area contributed by atoms with Crippen LogP contribution in [0.15, 0.2) is 42.5 Å². The second-order valence-electron chi connectivity index (χ2n) is 6.76. The molecule has 0 aliphatic heterocycles. The lowest BCUT2D eigenvalue weighted by Gasteiger charge is -2.19. The van der Waals surface area contributed by atoms with Gasteiger partial charge in [0, 0.05) is 5.69 Å². The van der Waals surface area contributed by atoms with Crippen molar-refractivity contribution in [1.82, 2.24) is 0 Å². The van der Waals surface area contributed by atoms with Crippen LogP contribution in [0.3, 0.4) is 0 Å². The van der Waals surface area contributed by atoms with Gasteiger partial charge in [0.15, 0.2) is 0 Å². The highest BCUT2D eigenvalue weighted by Crippen LogP contribution is 2.25. The molecule has 126 valence electrons. The Hall–Kier alpha value is -2.82. The zero-order valence-corrected chi connectivity index (χ0v) is 14.3. The van der Waals surface area contributed by atoms with E-state index in [9.17, 15) is 14.7 Å². The molecule has 0 unspecified atom stereocenters. The van der Waals surface area contributed by atoms with Crippen LogP contribution in [0, 0.1) is 6.92 Å². The van der Waals surface area contributed by atoms with Crippen molar-refractivity contribution in [3.05, 3.63) is 53.6 Å². The highest BCUT2D eigenvalue weighted by molar-refractivity contribution is 6.43. The van der Waals surface area contributed by atoms with E-state index >= 15 is 0 Å². The van der Waals surface area contributed by atoms with E-state index in [1.807, 2.05) is 19.1 Å². The second-order valence-corrected chi connectivity index (χ2v) is 6.76. The fourth-order valence-electron chi connectivity index (χ4n) is 2.17. The first kappa shape index (κ1) is 17.5. The Morgan fingerprint density at radius 2 is 1.50 bits per heavy atom. The summed E-state index contributed by atoms with van der Waals surface area (Å²) in [4.78, 5) is 23.9. The number of carbonyl (C=O) groups is 2. The van der Waals surface area contributed by atoms with Gasteiger partial charge in [0.2, 0.25) is 0 Å². The van der Waals surface area contributed by atoms with E-state index < -0.39 is 11.8 Å². The Morgan fingerprint density at radius 1 is 0.917 bits per heavy atom. The highest BCUT2D eigenvalue weighted by Gasteiger charge is 2.17. The van der Waals surface area contributed by atoms with Gasteiger partial charge in [0.05, 0.1) is 5.69 Å². The molecule has 0 saturated heterocycles. The van der Waals surface area contributed by atoms with Crippen LogP contribution in [0.25, 0.3) is 0 Å². The van der Waals surface area contributed by atoms with E-state index in [0.717, 1.165) is 11.1 Å². The average Bonchev–Trinajstić information content (AvgIpc) is 2.49. The third-order valence-corrected chi connectivity index (χ3v) is 3.62. The number of phenols is 1. The number of anilines is 2. The van der Waals surface area contributed by atoms with Gasteiger partial charge in [-0.2, -0.15) is 0 Å². The average molecular weight is 326 g/mol. The molecule has 0 heterocycles. The van der Waals surface area contributed by atoms with E-state index in [4.69, 9.17) is 0 Å². The number of nitrogens with one attached hydrogen (secondary N) is 2. The van der Waals surface area contributed by atoms with Crippen LogP contribution in [0.5, 0.6) is 5.75 Å². The van der Waals surface area contributed by atoms with Crippen LogP contribution in [-0.4, -0.2) is 16.9 Å². The third-order valence-electron chi connectivity index (χ3n) is 3.62. The lowest BCUT2D eigenvalue weighted by molar-refractivity contribution is -0.133. The van der Waals surface area contributed by atoms with Crippen molar-refractivity contribution in [1.29, 1.82) is 0 Å². The molecule has 2 amide bonds. The maximum Gasteiger partial charge on any atom is 0.314 e. The molecule has 0 aliphatic carbocycles. The SMILES string of the molecule is Cc1ccc(NC(=O)C(=O)Nc2ccc(C(C)(C)C)cc2)c(O)c1. The molecule has 2 aromatic carbocycles. The Labute approximate surface area is 141 Å². The van der Waals surface area contributed by atoms with E-state index in [2.05, 4.69) is 31.4 Å². The van der Waals surface area contributed by atoms with Gasteiger partial charge in [0.1, 0.15) is 5.75 Å². The number of aromatic hydroxyl groups is 1. The number of amides is 2. The number of phenolic OH excluding ortho intramolecular Hbond substituents is 1. The quantitative estimate of drug-likeness (QED) is 0.583. The zero-order chi connectivity index (χ0) is 17.9. The Morgan fingerprint density at radius 3 is 2.04 bits per heavy atom. The first-order valence-electron chi connectivity index (χ1n) is 7.69. The van der Waals surface area contributed by atoms with Crippen LogP contribution in [0.2, 0.25) is 0 Å². The predicted octanol–water partition coefficient (Wildman–Crippen LogP) is 3.58. The van der Waals surface area contributed by atoms with Gasteiger partial charge in [-0.25, -0.2) is 0 Å². The molecule has 0 saturated carbocycles. The van der Waals surface area contributed by atoms with Gasteiger partial charge >= 0.3 is 11.8 Å². The zero-order valence-electron chi connectivity index (χ0n) is 14.3. The molecule has 0 atom stereocenters. The Balaban J connectivity index is 2.02. The van der Waals surface area contributed by atoms with E-state index in [1.165, 1.54) is 6.07 Å². The standard InChI is InChI=1S/C19H22N2O3/c1-12-5-10-15(16(22)11-12)21-18(24)17(23)20-14-8-6-13(7-9-14)19(2,3)4/h5-11,22H,1-4H3,(H,20,23)(H,21,24). The van der Waals surface area contributed by atoms with Crippen LogP contribution >= 0.6 is 0 Å². The minimum atomic E-state index is -0.839. The predicted molar refractivity (Wildman–Crippen MR) is 95.2 cm³/mol. The maximum absolute atomic E-state index is 12.0. The topological polar surface area (TPSA) is 78.4 Å². The first-order valence-corrected chi connectivity index (χ1v) is 7.69. The van der Waals surface area contributed by atoms with E-state index in [-0.39, 0.29) is 16.9 Å². The van der Waals surface area contributed by atoms with Crippen molar-refractivity contribution >= 4 is 23.2 Å². The van der Waals surface area contributed by atoms with Crippen molar-refractivity contribution in [2.75, 3.05) is 10.6 Å². The lowest BCUT2D eigenvalue weighted by atomic mass is 9.87. The van der Waals surface area contributed by atoms with Crippen molar-refractivity contribution in [3.8, 4) is 5.75 Å². The first-order chi connectivity index (χ1) is 11.2. The van der Waals surface area contributed by atoms with Gasteiger partial charge in [0.25, 0.3) is 0 Å². The fraction of sp³-hybridized carbons (Fsp3) is 0.263. The van der Waals surface area contributed by atoms with Crippen LogP contribution in [0.1, 0.15) is 31.9 Å². The molecule has 5 heteroatoms. The van der Waals surface area contributed by atoms with Gasteiger partial charge in [-0.15, -0.1) is 0 Å². The fourth-order valence-corrected chi connectivity index (χ4v) is 2.17. The molecule has 0 spiro atoms. The molecule has 0 bridgehead atoms. The summed E-state index contributed by atoms with van der Waals surface area (Å²) in [5, 5.41) is 14.7. The lowest BCUT2D eigenvalue weighted by Crippen LogP contribution is -2.29. The van der Waals surface area contributed by atoms with Crippen molar-refractivity contribution in [2.24, 2.45) is 0 Å². The number of benzene rings is 2. The Kier molecular flexibility index (Phi) is 4.93. The van der Waals surface area contributed by atoms with Gasteiger partial charge < -0.3 is 15.7 Å². The number of aryl methyl sites for hydroxylation is 1. The largest absolute Gasteiger partial charge is 0.506 e. The number of rotatable bonds is 2. The second kappa shape index (κ2) is 6.74. The number of carbonyl (C=O) groups excluding carboxylic acids is 2. The van der Waals surface area contributed by atoms with Gasteiger partial charge in [-0.1, -0.05) is 39.0 Å². The van der Waals surface area contributed by atoms with Crippen LogP contribution in [-0.2, 0) is 15.0 Å². The maximum atomic E-state index is 12.0. The summed E-state index contributed by atoms with van der Waals surface area (Å²) in [7, 11) is 0. The molecular formula is C19H22N2O3. The summed E-state index contributed by atoms with van der Waals surface area (Å²) in [6, 6.07) is 12.1. The molecule has 5 nitrogen and oxygen atoms in total. The molecule has 2 rings (SSSR count). The summed E-state index contributed by atoms with van der Waals surface area (Å²) in [5.74, 6) is -1.71. The molecular weight excluding hydrogens is 304 g/mol. The van der Waals surface area contributed by atoms with Crippen LogP contribution < -0.4 is 10.6 Å². The summed E-state index contributed by atoms with van der Waals surface area (Å²) >= 11 is 0. The Bertz CT molecular complexity index is 759. The monoisotopic (exact) mass is 326 g/mol. The summed E-state index contributed by atoms with van der Waals surface area (Å²) < 4.78 is 0. The molecule has 24 heavy (non-hydrogen) atoms. The normalized spacial score (nSPS) is 11.0. The summed E-state index contributed by atoms with van der Waals surface area (Å²) in [5.41, 5.74) is 2.74. The molecule has 0 aromatic heterocycles. The number of hydrogen-bond donors (Lipinski definition) is 3. The van der Waals surface area contributed by atoms with E-state index in [1.54, 1.807) is 24.3 Å². The molecule has 2 aromatic rings. The minimum absolute atomic E-state index is 0.0167. The molecule has 0 aliphatic rings. The smallest absolute Gasteiger partial charge is 0.314 e. The van der Waals surface area contributed by atoms with Crippen molar-refractivity contribution < 1.29 is 14.7 Å². The van der Waals surface area contributed by atoms with Crippen molar-refractivity contribution in [2.45, 2.75) is 33.1 Å². The van der Waals surface area contributed by atoms with E-state index in [0.29, 0.717) is 5.69 Å². The molecule has 3 N–H and O–H groups in total. The van der Waals surface area contributed by atoms with Gasteiger partial charge in [-0.05, 0) is 47.7 Å². The van der Waals surface area contributed by atoms with Crippen LogP contribution in [0.4, 0.5) is 11.4 Å². The third kappa shape index (κ3) is 4.35. The molecule has 0 fully saturated rings. The highest BCUT2D eigenvalue weighted by atomic mass is 16.3.